The molecular formula is C25H36N4O3. The molecule has 0 aliphatic heterocycles. The second-order valence-corrected chi connectivity index (χ2v) is 7.94. The van der Waals surface area contributed by atoms with Crippen molar-refractivity contribution in [3.8, 4) is 11.5 Å². The number of hydrogen-bond donors (Lipinski definition) is 2. The molecule has 2 N–H and O–H groups in total. The largest absolute Gasteiger partial charge is 0.493 e. The lowest BCUT2D eigenvalue weighted by Crippen LogP contribution is -2.35. The number of para-hydroxylation sites is 2. The smallest absolute Gasteiger partial charge is 0.161 e. The van der Waals surface area contributed by atoms with Gasteiger partial charge in [0.1, 0.15) is 18.5 Å². The minimum absolute atomic E-state index is 0.239. The highest BCUT2D eigenvalue weighted by atomic mass is 16.5. The minimum Gasteiger partial charge on any atom is -0.493 e. The van der Waals surface area contributed by atoms with Crippen molar-refractivity contribution in [2.45, 2.75) is 32.9 Å². The Bertz CT molecular complexity index is 984. The molecule has 1 aromatic heterocycles. The zero-order valence-corrected chi connectivity index (χ0v) is 19.7. The van der Waals surface area contributed by atoms with Gasteiger partial charge in [0.2, 0.25) is 0 Å². The number of rotatable bonds is 13. The second-order valence-electron chi connectivity index (χ2n) is 7.94. The third-order valence-electron chi connectivity index (χ3n) is 5.76. The van der Waals surface area contributed by atoms with Crippen molar-refractivity contribution in [3.63, 3.8) is 0 Å². The minimum atomic E-state index is -0.538. The lowest BCUT2D eigenvalue weighted by molar-refractivity contribution is 0.0705. The Kier molecular flexibility index (Phi) is 8.90. The highest BCUT2D eigenvalue weighted by Gasteiger charge is 2.12. The molecule has 7 heteroatoms. The van der Waals surface area contributed by atoms with Crippen molar-refractivity contribution >= 4 is 11.0 Å². The number of nitrogens with zero attached hydrogens (tertiary/aromatic N) is 3. The molecule has 1 atom stereocenters. The molecule has 0 spiro atoms. The average Bonchev–Trinajstić information content (AvgIpc) is 3.14. The van der Waals surface area contributed by atoms with Gasteiger partial charge in [-0.25, -0.2) is 4.98 Å². The van der Waals surface area contributed by atoms with Crippen LogP contribution in [0.1, 0.15) is 25.2 Å². The van der Waals surface area contributed by atoms with Gasteiger partial charge in [-0.3, -0.25) is 0 Å². The number of likely N-dealkylation sites (N-methyl/N-ethyl adjacent to an activating group) is 1. The molecule has 0 aliphatic carbocycles. The third-order valence-corrected chi connectivity index (χ3v) is 5.76. The van der Waals surface area contributed by atoms with E-state index in [-0.39, 0.29) is 6.61 Å². The summed E-state index contributed by atoms with van der Waals surface area (Å²) in [6.45, 7) is 8.40. The number of fused-ring (bicyclic) bond motifs is 1. The van der Waals surface area contributed by atoms with Gasteiger partial charge in [0.25, 0.3) is 0 Å². The van der Waals surface area contributed by atoms with E-state index >= 15 is 0 Å². The number of aromatic nitrogens is 2. The Morgan fingerprint density at radius 3 is 2.62 bits per heavy atom. The first kappa shape index (κ1) is 24.0. The van der Waals surface area contributed by atoms with Gasteiger partial charge in [-0.15, -0.1) is 0 Å². The molecule has 0 bridgehead atoms. The molecule has 174 valence electrons. The summed E-state index contributed by atoms with van der Waals surface area (Å²) in [5, 5.41) is 13.7. The second kappa shape index (κ2) is 11.9. The highest BCUT2D eigenvalue weighted by Crippen LogP contribution is 2.28. The van der Waals surface area contributed by atoms with Crippen LogP contribution in [-0.2, 0) is 20.0 Å². The van der Waals surface area contributed by atoms with Crippen LogP contribution >= 0.6 is 0 Å². The summed E-state index contributed by atoms with van der Waals surface area (Å²) >= 11 is 0. The van der Waals surface area contributed by atoms with Gasteiger partial charge >= 0.3 is 0 Å². The molecule has 2 aromatic carbocycles. The number of ether oxygens (including phenoxy) is 2. The Morgan fingerprint density at radius 2 is 1.91 bits per heavy atom. The topological polar surface area (TPSA) is 71.8 Å². The van der Waals surface area contributed by atoms with Crippen molar-refractivity contribution in [1.29, 1.82) is 0 Å². The zero-order valence-electron chi connectivity index (χ0n) is 19.7. The van der Waals surface area contributed by atoms with Crippen molar-refractivity contribution < 1.29 is 14.6 Å². The number of benzene rings is 2. The number of imidazole rings is 1. The first-order valence-electron chi connectivity index (χ1n) is 11.4. The summed E-state index contributed by atoms with van der Waals surface area (Å²) in [5.74, 6) is 2.40. The number of aliphatic hydroxyl groups excluding tert-OH is 1. The lowest BCUT2D eigenvalue weighted by atomic mass is 10.2. The van der Waals surface area contributed by atoms with Crippen LogP contribution in [0, 0.1) is 0 Å². The van der Waals surface area contributed by atoms with Crippen LogP contribution in [0.2, 0.25) is 0 Å². The molecule has 1 heterocycles. The maximum atomic E-state index is 10.2. The van der Waals surface area contributed by atoms with Crippen LogP contribution in [0.5, 0.6) is 11.5 Å². The summed E-state index contributed by atoms with van der Waals surface area (Å²) in [5.41, 5.74) is 3.31. The first-order valence-corrected chi connectivity index (χ1v) is 11.4. The van der Waals surface area contributed by atoms with Crippen molar-refractivity contribution in [3.05, 3.63) is 53.9 Å². The summed E-state index contributed by atoms with van der Waals surface area (Å²) in [6, 6.07) is 14.1. The maximum Gasteiger partial charge on any atom is 0.161 e. The standard InChI is InChI=1S/C25H36N4O3/c1-5-29(6-2)17-20(30)18-32-23-12-11-19(15-24(23)31-4)16-26-14-13-25-27-21-9-7-8-10-22(21)28(25)3/h7-12,15,20,26,30H,5-6,13-14,16-18H2,1-4H3. The summed E-state index contributed by atoms with van der Waals surface area (Å²) in [4.78, 5) is 6.90. The number of aliphatic hydroxyl groups is 1. The Balaban J connectivity index is 1.49. The van der Waals surface area contributed by atoms with Gasteiger partial charge in [-0.1, -0.05) is 32.0 Å². The monoisotopic (exact) mass is 440 g/mol. The molecule has 0 amide bonds. The SMILES string of the molecule is CCN(CC)CC(O)COc1ccc(CNCCc2nc3ccccc3n2C)cc1OC. The highest BCUT2D eigenvalue weighted by molar-refractivity contribution is 5.75. The molecule has 0 saturated heterocycles. The van der Waals surface area contributed by atoms with Gasteiger partial charge in [0, 0.05) is 33.1 Å². The van der Waals surface area contributed by atoms with Gasteiger partial charge in [0.15, 0.2) is 11.5 Å². The molecule has 3 rings (SSSR count). The fourth-order valence-corrected chi connectivity index (χ4v) is 3.81. The predicted octanol–water partition coefficient (Wildman–Crippen LogP) is 3.00. The number of nitrogens with one attached hydrogen (secondary N) is 1. The van der Waals surface area contributed by atoms with E-state index in [0.29, 0.717) is 18.0 Å². The summed E-state index contributed by atoms with van der Waals surface area (Å²) < 4.78 is 13.5. The van der Waals surface area contributed by atoms with E-state index in [1.807, 2.05) is 36.4 Å². The van der Waals surface area contributed by atoms with Crippen molar-refractivity contribution in [1.82, 2.24) is 19.8 Å². The van der Waals surface area contributed by atoms with Gasteiger partial charge in [0.05, 0.1) is 18.1 Å². The van der Waals surface area contributed by atoms with Crippen LogP contribution in [-0.4, -0.2) is 65.6 Å². The Morgan fingerprint density at radius 1 is 1.12 bits per heavy atom. The lowest BCUT2D eigenvalue weighted by Gasteiger charge is -2.22. The van der Waals surface area contributed by atoms with Gasteiger partial charge in [-0.05, 0) is 42.9 Å². The van der Waals surface area contributed by atoms with Crippen LogP contribution in [0.15, 0.2) is 42.5 Å². The molecule has 1 unspecified atom stereocenters. The van der Waals surface area contributed by atoms with E-state index in [4.69, 9.17) is 14.5 Å². The maximum absolute atomic E-state index is 10.2. The van der Waals surface area contributed by atoms with Crippen molar-refractivity contribution in [2.75, 3.05) is 39.9 Å². The molecule has 32 heavy (non-hydrogen) atoms. The van der Waals surface area contributed by atoms with Crippen molar-refractivity contribution in [2.24, 2.45) is 7.05 Å². The third kappa shape index (κ3) is 6.22. The number of aryl methyl sites for hydroxylation is 1. The van der Waals surface area contributed by atoms with E-state index in [9.17, 15) is 5.11 Å². The van der Waals surface area contributed by atoms with E-state index in [1.165, 1.54) is 0 Å². The molecule has 7 nitrogen and oxygen atoms in total. The zero-order chi connectivity index (χ0) is 22.9. The van der Waals surface area contributed by atoms with Gasteiger partial charge in [-0.2, -0.15) is 0 Å². The van der Waals surface area contributed by atoms with Crippen LogP contribution in [0.4, 0.5) is 0 Å². The molecule has 0 radical (unpaired) electrons. The van der Waals surface area contributed by atoms with Crippen LogP contribution < -0.4 is 14.8 Å². The first-order chi connectivity index (χ1) is 15.5. The van der Waals surface area contributed by atoms with E-state index in [2.05, 4.69) is 41.7 Å². The molecular weight excluding hydrogens is 404 g/mol. The Labute approximate surface area is 191 Å². The average molecular weight is 441 g/mol. The summed E-state index contributed by atoms with van der Waals surface area (Å²) in [7, 11) is 3.70. The normalized spacial score (nSPS) is 12.4. The van der Waals surface area contributed by atoms with E-state index in [0.717, 1.165) is 55.0 Å². The quantitative estimate of drug-likeness (QED) is 0.398. The number of methoxy groups -OCH3 is 1. The molecule has 0 saturated carbocycles. The fourth-order valence-electron chi connectivity index (χ4n) is 3.81. The van der Waals surface area contributed by atoms with E-state index in [1.54, 1.807) is 7.11 Å². The van der Waals surface area contributed by atoms with E-state index < -0.39 is 6.10 Å². The molecule has 0 fully saturated rings. The number of hydrogen-bond acceptors (Lipinski definition) is 6. The molecule has 0 aliphatic rings. The molecule has 3 aromatic rings. The Hall–Kier alpha value is -2.61. The van der Waals surface area contributed by atoms with Crippen LogP contribution in [0.25, 0.3) is 11.0 Å². The fraction of sp³-hybridized carbons (Fsp3) is 0.480. The predicted molar refractivity (Wildman–Crippen MR) is 128 cm³/mol. The van der Waals surface area contributed by atoms with Gasteiger partial charge < -0.3 is 29.4 Å². The van der Waals surface area contributed by atoms with Crippen LogP contribution in [0.3, 0.4) is 0 Å². The summed E-state index contributed by atoms with van der Waals surface area (Å²) in [6.07, 6.45) is 0.317.